The Labute approximate surface area is 128 Å². The molecule has 0 heterocycles. The van der Waals surface area contributed by atoms with Crippen LogP contribution in [0.4, 0.5) is 0 Å². The van der Waals surface area contributed by atoms with E-state index in [1.807, 2.05) is 12.1 Å². The molecule has 0 fully saturated rings. The van der Waals surface area contributed by atoms with Gasteiger partial charge in [-0.3, -0.25) is 0 Å². The highest BCUT2D eigenvalue weighted by Gasteiger charge is 2.01. The minimum atomic E-state index is 0.409. The lowest BCUT2D eigenvalue weighted by Crippen LogP contribution is -2.04. The van der Waals surface area contributed by atoms with E-state index in [-0.39, 0.29) is 0 Å². The van der Waals surface area contributed by atoms with Crippen LogP contribution in [-0.4, -0.2) is 6.61 Å². The Balaban J connectivity index is 2.02. The fourth-order valence-electron chi connectivity index (χ4n) is 2.09. The second-order valence-electron chi connectivity index (χ2n) is 5.84. The van der Waals surface area contributed by atoms with Gasteiger partial charge in [0.05, 0.1) is 6.61 Å². The van der Waals surface area contributed by atoms with Crippen molar-refractivity contribution < 1.29 is 4.74 Å². The van der Waals surface area contributed by atoms with Gasteiger partial charge in [-0.25, -0.2) is 0 Å². The van der Waals surface area contributed by atoms with Gasteiger partial charge in [0.15, 0.2) is 0 Å². The van der Waals surface area contributed by atoms with Crippen molar-refractivity contribution in [2.75, 3.05) is 6.61 Å². The van der Waals surface area contributed by atoms with Gasteiger partial charge in [0.25, 0.3) is 0 Å². The van der Waals surface area contributed by atoms with Crippen LogP contribution in [0.1, 0.15) is 37.8 Å². The molecule has 2 aromatic carbocycles. The normalized spacial score (nSPS) is 12.8. The van der Waals surface area contributed by atoms with Crippen LogP contribution in [0.3, 0.4) is 0 Å². The Morgan fingerprint density at radius 3 is 2.43 bits per heavy atom. The van der Waals surface area contributed by atoms with E-state index in [0.717, 1.165) is 12.4 Å². The molecular formula is C20H24O. The number of allylic oxidation sites excluding steroid dienone is 1. The summed E-state index contributed by atoms with van der Waals surface area (Å²) in [6.45, 7) is 7.29. The van der Waals surface area contributed by atoms with Crippen LogP contribution in [0.25, 0.3) is 6.08 Å². The second kappa shape index (κ2) is 7.68. The van der Waals surface area contributed by atoms with Crippen molar-refractivity contribution >= 4 is 6.08 Å². The van der Waals surface area contributed by atoms with Crippen molar-refractivity contribution in [1.29, 1.82) is 0 Å². The molecule has 110 valence electrons. The molecule has 0 radical (unpaired) electrons. The molecule has 0 spiro atoms. The summed E-state index contributed by atoms with van der Waals surface area (Å²) >= 11 is 0. The van der Waals surface area contributed by atoms with Crippen LogP contribution in [-0.2, 0) is 0 Å². The third-order valence-corrected chi connectivity index (χ3v) is 3.34. The van der Waals surface area contributed by atoms with Gasteiger partial charge in [0.2, 0.25) is 0 Å². The zero-order valence-corrected chi connectivity index (χ0v) is 13.1. The topological polar surface area (TPSA) is 9.23 Å². The van der Waals surface area contributed by atoms with Gasteiger partial charge in [-0.2, -0.15) is 0 Å². The summed E-state index contributed by atoms with van der Waals surface area (Å²) in [6.07, 6.45) is 4.40. The lowest BCUT2D eigenvalue weighted by Gasteiger charge is -2.09. The molecule has 0 aliphatic heterocycles. The van der Waals surface area contributed by atoms with E-state index in [1.54, 1.807) is 0 Å². The van der Waals surface area contributed by atoms with E-state index in [9.17, 15) is 0 Å². The Morgan fingerprint density at radius 2 is 1.71 bits per heavy atom. The predicted molar refractivity (Wildman–Crippen MR) is 90.7 cm³/mol. The van der Waals surface area contributed by atoms with Crippen LogP contribution < -0.4 is 4.74 Å². The molecule has 1 nitrogen and oxygen atoms in total. The first kappa shape index (κ1) is 15.4. The molecule has 0 saturated carbocycles. The van der Waals surface area contributed by atoms with Crippen molar-refractivity contribution in [2.24, 2.45) is 5.92 Å². The summed E-state index contributed by atoms with van der Waals surface area (Å²) in [5.74, 6) is 1.90. The second-order valence-corrected chi connectivity index (χ2v) is 5.84. The highest BCUT2D eigenvalue weighted by Crippen LogP contribution is 2.20. The molecule has 2 aromatic rings. The van der Waals surface area contributed by atoms with Crippen LogP contribution in [0.2, 0.25) is 0 Å². The van der Waals surface area contributed by atoms with Crippen molar-refractivity contribution in [3.63, 3.8) is 0 Å². The minimum Gasteiger partial charge on any atom is -0.493 e. The molecule has 1 heteroatoms. The molecule has 0 amide bonds. The molecule has 1 atom stereocenters. The van der Waals surface area contributed by atoms with Crippen molar-refractivity contribution in [3.05, 3.63) is 71.8 Å². The van der Waals surface area contributed by atoms with E-state index in [4.69, 9.17) is 4.74 Å². The monoisotopic (exact) mass is 280 g/mol. The van der Waals surface area contributed by atoms with Crippen molar-refractivity contribution in [1.82, 2.24) is 0 Å². The quantitative estimate of drug-likeness (QED) is 0.675. The number of hydrogen-bond donors (Lipinski definition) is 0. The molecule has 0 aliphatic rings. The highest BCUT2D eigenvalue weighted by atomic mass is 16.5. The zero-order valence-electron chi connectivity index (χ0n) is 13.1. The van der Waals surface area contributed by atoms with Gasteiger partial charge in [-0.15, -0.1) is 0 Å². The first-order chi connectivity index (χ1) is 10.1. The van der Waals surface area contributed by atoms with Crippen molar-refractivity contribution in [3.8, 4) is 5.75 Å². The van der Waals surface area contributed by atoms with E-state index in [2.05, 4.69) is 75.4 Å². The van der Waals surface area contributed by atoms with Crippen LogP contribution in [0, 0.1) is 5.92 Å². The number of benzene rings is 2. The smallest absolute Gasteiger partial charge is 0.119 e. The average Bonchev–Trinajstić information content (AvgIpc) is 2.52. The van der Waals surface area contributed by atoms with Gasteiger partial charge in [0.1, 0.15) is 5.75 Å². The van der Waals surface area contributed by atoms with E-state index >= 15 is 0 Å². The number of ether oxygens (including phenoxy) is 1. The molecule has 1 unspecified atom stereocenters. The largest absolute Gasteiger partial charge is 0.493 e. The predicted octanol–water partition coefficient (Wildman–Crippen LogP) is 5.54. The maximum atomic E-state index is 5.77. The molecule has 0 N–H and O–H groups in total. The average molecular weight is 280 g/mol. The number of hydrogen-bond acceptors (Lipinski definition) is 1. The highest BCUT2D eigenvalue weighted by molar-refractivity contribution is 5.53. The minimum absolute atomic E-state index is 0.409. The lowest BCUT2D eigenvalue weighted by molar-refractivity contribution is 0.271. The third-order valence-electron chi connectivity index (χ3n) is 3.34. The molecule has 0 aromatic heterocycles. The molecule has 21 heavy (non-hydrogen) atoms. The van der Waals surface area contributed by atoms with Crippen molar-refractivity contribution in [2.45, 2.75) is 26.7 Å². The Bertz CT molecular complexity index is 569. The fourth-order valence-corrected chi connectivity index (χ4v) is 2.09. The number of rotatable bonds is 6. The van der Waals surface area contributed by atoms with E-state index in [1.165, 1.54) is 11.1 Å². The lowest BCUT2D eigenvalue weighted by atomic mass is 10.00. The molecule has 0 bridgehead atoms. The summed E-state index contributed by atoms with van der Waals surface area (Å²) in [6, 6.07) is 18.8. The van der Waals surface area contributed by atoms with Crippen LogP contribution in [0.15, 0.2) is 60.7 Å². The summed E-state index contributed by atoms with van der Waals surface area (Å²) in [4.78, 5) is 0. The van der Waals surface area contributed by atoms with Gasteiger partial charge < -0.3 is 4.74 Å². The summed E-state index contributed by atoms with van der Waals surface area (Å²) in [5, 5.41) is 0. The van der Waals surface area contributed by atoms with Crippen LogP contribution in [0.5, 0.6) is 5.75 Å². The van der Waals surface area contributed by atoms with Gasteiger partial charge in [-0.05, 0) is 35.1 Å². The Hall–Kier alpha value is -2.02. The summed E-state index contributed by atoms with van der Waals surface area (Å²) < 4.78 is 5.77. The van der Waals surface area contributed by atoms with E-state index in [0.29, 0.717) is 11.8 Å². The Morgan fingerprint density at radius 1 is 0.952 bits per heavy atom. The maximum absolute atomic E-state index is 5.77. The Kier molecular flexibility index (Phi) is 5.62. The standard InChI is InChI=1S/C20H24O/c1-16(2)15-21-20-11-7-8-18(14-20)13-12-17(3)19-9-5-4-6-10-19/h4-14,16-17H,15H2,1-3H3. The first-order valence-corrected chi connectivity index (χ1v) is 7.61. The van der Waals surface area contributed by atoms with Gasteiger partial charge in [-0.1, -0.05) is 75.4 Å². The summed E-state index contributed by atoms with van der Waals surface area (Å²) in [7, 11) is 0. The molecule has 0 aliphatic carbocycles. The zero-order chi connectivity index (χ0) is 15.1. The molecular weight excluding hydrogens is 256 g/mol. The summed E-state index contributed by atoms with van der Waals surface area (Å²) in [5.41, 5.74) is 2.51. The molecule has 2 rings (SSSR count). The van der Waals surface area contributed by atoms with E-state index < -0.39 is 0 Å². The first-order valence-electron chi connectivity index (χ1n) is 7.61. The van der Waals surface area contributed by atoms with Gasteiger partial charge >= 0.3 is 0 Å². The van der Waals surface area contributed by atoms with Crippen LogP contribution >= 0.6 is 0 Å². The SMILES string of the molecule is CC(C)COc1cccc(C=CC(C)c2ccccc2)c1. The van der Waals surface area contributed by atoms with Gasteiger partial charge in [0, 0.05) is 0 Å². The molecule has 0 saturated heterocycles. The maximum Gasteiger partial charge on any atom is 0.119 e. The fraction of sp³-hybridized carbons (Fsp3) is 0.300. The third kappa shape index (κ3) is 5.11.